The standard InChI is InChI=1S/C14H12O6S/c1-9-2-5-11(6-3-9)21(18,19)20-13-7-4-10(15)8-12(13)14(16)17/h2-8,15H,1H3,(H,16,17). The molecule has 0 spiro atoms. The molecule has 2 aromatic carbocycles. The van der Waals surface area contributed by atoms with Crippen LogP contribution in [0.3, 0.4) is 0 Å². The summed E-state index contributed by atoms with van der Waals surface area (Å²) in [5.74, 6) is -2.06. The van der Waals surface area contributed by atoms with Crippen molar-refractivity contribution in [3.8, 4) is 11.5 Å². The second-order valence-electron chi connectivity index (χ2n) is 4.34. The molecule has 0 aliphatic rings. The van der Waals surface area contributed by atoms with Crippen LogP contribution >= 0.6 is 0 Å². The summed E-state index contributed by atoms with van der Waals surface area (Å²) in [6.45, 7) is 1.81. The minimum absolute atomic E-state index is 0.0856. The SMILES string of the molecule is Cc1ccc(S(=O)(=O)Oc2ccc(O)cc2C(=O)O)cc1. The van der Waals surface area contributed by atoms with Gasteiger partial charge in [-0.2, -0.15) is 8.42 Å². The molecule has 0 fully saturated rings. The van der Waals surface area contributed by atoms with E-state index < -0.39 is 21.7 Å². The molecule has 0 saturated heterocycles. The average molecular weight is 308 g/mol. The smallest absolute Gasteiger partial charge is 0.339 e. The molecule has 0 heterocycles. The molecule has 2 aromatic rings. The number of aromatic carboxylic acids is 1. The maximum atomic E-state index is 12.1. The molecule has 0 bridgehead atoms. The van der Waals surface area contributed by atoms with Gasteiger partial charge < -0.3 is 14.4 Å². The maximum absolute atomic E-state index is 12.1. The van der Waals surface area contributed by atoms with Crippen molar-refractivity contribution in [3.63, 3.8) is 0 Å². The topological polar surface area (TPSA) is 101 Å². The molecule has 0 radical (unpaired) electrons. The Hall–Kier alpha value is -2.54. The molecule has 0 amide bonds. The first kappa shape index (κ1) is 14.9. The Morgan fingerprint density at radius 3 is 2.29 bits per heavy atom. The Morgan fingerprint density at radius 2 is 1.71 bits per heavy atom. The summed E-state index contributed by atoms with van der Waals surface area (Å²) in [5.41, 5.74) is 0.440. The average Bonchev–Trinajstić information content (AvgIpc) is 2.41. The third-order valence-electron chi connectivity index (χ3n) is 2.70. The van der Waals surface area contributed by atoms with Crippen LogP contribution in [0.15, 0.2) is 47.4 Å². The van der Waals surface area contributed by atoms with Crippen molar-refractivity contribution in [1.29, 1.82) is 0 Å². The van der Waals surface area contributed by atoms with Gasteiger partial charge in [-0.25, -0.2) is 4.79 Å². The van der Waals surface area contributed by atoms with Crippen molar-refractivity contribution < 1.29 is 27.6 Å². The van der Waals surface area contributed by atoms with Crippen LogP contribution in [0.4, 0.5) is 0 Å². The van der Waals surface area contributed by atoms with Crippen LogP contribution in [0.25, 0.3) is 0 Å². The first-order valence-corrected chi connectivity index (χ1v) is 7.28. The molecule has 6 nitrogen and oxygen atoms in total. The monoisotopic (exact) mass is 308 g/mol. The molecule has 7 heteroatoms. The van der Waals surface area contributed by atoms with Gasteiger partial charge in [0.05, 0.1) is 0 Å². The minimum atomic E-state index is -4.14. The minimum Gasteiger partial charge on any atom is -0.508 e. The van der Waals surface area contributed by atoms with E-state index in [1.54, 1.807) is 19.1 Å². The number of carboxylic acids is 1. The predicted molar refractivity (Wildman–Crippen MR) is 74.1 cm³/mol. The molecular weight excluding hydrogens is 296 g/mol. The largest absolute Gasteiger partial charge is 0.508 e. The number of phenols is 1. The van der Waals surface area contributed by atoms with Crippen LogP contribution in [0.5, 0.6) is 11.5 Å². The van der Waals surface area contributed by atoms with Crippen LogP contribution in [0.1, 0.15) is 15.9 Å². The molecule has 2 rings (SSSR count). The quantitative estimate of drug-likeness (QED) is 0.839. The predicted octanol–water partition coefficient (Wildman–Crippen LogP) is 2.17. The van der Waals surface area contributed by atoms with E-state index >= 15 is 0 Å². The summed E-state index contributed by atoms with van der Waals surface area (Å²) in [6, 6.07) is 9.09. The van der Waals surface area contributed by atoms with Crippen LogP contribution in [0.2, 0.25) is 0 Å². The highest BCUT2D eigenvalue weighted by molar-refractivity contribution is 7.87. The molecule has 21 heavy (non-hydrogen) atoms. The fraction of sp³-hybridized carbons (Fsp3) is 0.0714. The van der Waals surface area contributed by atoms with Crippen molar-refractivity contribution in [1.82, 2.24) is 0 Å². The second kappa shape index (κ2) is 5.45. The number of phenolic OH excluding ortho intramolecular Hbond substituents is 1. The van der Waals surface area contributed by atoms with Crippen molar-refractivity contribution in [3.05, 3.63) is 53.6 Å². The number of carboxylic acid groups (broad SMARTS) is 1. The molecule has 0 atom stereocenters. The Labute approximate surface area is 121 Å². The lowest BCUT2D eigenvalue weighted by molar-refractivity contribution is 0.0694. The third-order valence-corrected chi connectivity index (χ3v) is 3.95. The molecule has 0 unspecified atom stereocenters. The third kappa shape index (κ3) is 3.32. The zero-order chi connectivity index (χ0) is 15.6. The van der Waals surface area contributed by atoms with Gasteiger partial charge in [0.25, 0.3) is 0 Å². The van der Waals surface area contributed by atoms with Crippen molar-refractivity contribution in [2.75, 3.05) is 0 Å². The Balaban J connectivity index is 2.41. The first-order chi connectivity index (χ1) is 9.79. The lowest BCUT2D eigenvalue weighted by Crippen LogP contribution is -2.12. The molecule has 110 valence electrons. The first-order valence-electron chi connectivity index (χ1n) is 5.87. The van der Waals surface area contributed by atoms with Gasteiger partial charge in [-0.1, -0.05) is 17.7 Å². The zero-order valence-electron chi connectivity index (χ0n) is 11.0. The van der Waals surface area contributed by atoms with Gasteiger partial charge in [0.2, 0.25) is 0 Å². The maximum Gasteiger partial charge on any atom is 0.339 e. The second-order valence-corrected chi connectivity index (χ2v) is 5.88. The molecule has 2 N–H and O–H groups in total. The van der Waals surface area contributed by atoms with Gasteiger partial charge >= 0.3 is 16.1 Å². The number of aromatic hydroxyl groups is 1. The number of carbonyl (C=O) groups is 1. The summed E-state index contributed by atoms with van der Waals surface area (Å²) in [6.07, 6.45) is 0. The number of aryl methyl sites for hydroxylation is 1. The summed E-state index contributed by atoms with van der Waals surface area (Å²) in [5, 5.41) is 18.3. The van der Waals surface area contributed by atoms with E-state index in [0.29, 0.717) is 0 Å². The number of hydrogen-bond donors (Lipinski definition) is 2. The number of hydrogen-bond acceptors (Lipinski definition) is 5. The Morgan fingerprint density at radius 1 is 1.10 bits per heavy atom. The van der Waals surface area contributed by atoms with E-state index in [4.69, 9.17) is 9.29 Å². The Bertz CT molecular complexity index is 778. The summed E-state index contributed by atoms with van der Waals surface area (Å²) in [4.78, 5) is 11.0. The van der Waals surface area contributed by atoms with E-state index in [0.717, 1.165) is 23.8 Å². The van der Waals surface area contributed by atoms with E-state index in [1.165, 1.54) is 12.1 Å². The van der Waals surface area contributed by atoms with Gasteiger partial charge in [-0.15, -0.1) is 0 Å². The molecule has 0 aliphatic heterocycles. The molecule has 0 aromatic heterocycles. The highest BCUT2D eigenvalue weighted by Gasteiger charge is 2.21. The zero-order valence-corrected chi connectivity index (χ0v) is 11.8. The number of rotatable bonds is 4. The fourth-order valence-electron chi connectivity index (χ4n) is 1.63. The summed E-state index contributed by atoms with van der Waals surface area (Å²) < 4.78 is 29.0. The highest BCUT2D eigenvalue weighted by atomic mass is 32.2. The van der Waals surface area contributed by atoms with Gasteiger partial charge in [0.15, 0.2) is 5.75 Å². The fourth-order valence-corrected chi connectivity index (χ4v) is 2.58. The molecule has 0 aliphatic carbocycles. The van der Waals surface area contributed by atoms with Gasteiger partial charge in [0, 0.05) is 0 Å². The van der Waals surface area contributed by atoms with Crippen LogP contribution in [-0.4, -0.2) is 24.6 Å². The summed E-state index contributed by atoms with van der Waals surface area (Å²) in [7, 11) is -4.14. The van der Waals surface area contributed by atoms with Gasteiger partial charge in [-0.3, -0.25) is 0 Å². The van der Waals surface area contributed by atoms with Gasteiger partial charge in [0.1, 0.15) is 16.2 Å². The van der Waals surface area contributed by atoms with E-state index in [2.05, 4.69) is 0 Å². The van der Waals surface area contributed by atoms with Crippen LogP contribution < -0.4 is 4.18 Å². The summed E-state index contributed by atoms with van der Waals surface area (Å²) >= 11 is 0. The Kier molecular flexibility index (Phi) is 3.86. The lowest BCUT2D eigenvalue weighted by atomic mass is 10.2. The molecule has 0 saturated carbocycles. The van der Waals surface area contributed by atoms with Crippen molar-refractivity contribution in [2.24, 2.45) is 0 Å². The van der Waals surface area contributed by atoms with Gasteiger partial charge in [-0.05, 0) is 37.3 Å². The highest BCUT2D eigenvalue weighted by Crippen LogP contribution is 2.26. The van der Waals surface area contributed by atoms with Crippen LogP contribution in [-0.2, 0) is 10.1 Å². The van der Waals surface area contributed by atoms with E-state index in [-0.39, 0.29) is 16.4 Å². The van der Waals surface area contributed by atoms with Crippen molar-refractivity contribution in [2.45, 2.75) is 11.8 Å². The van der Waals surface area contributed by atoms with Crippen LogP contribution in [0, 0.1) is 6.92 Å². The number of benzene rings is 2. The van der Waals surface area contributed by atoms with E-state index in [1.807, 2.05) is 0 Å². The van der Waals surface area contributed by atoms with Crippen molar-refractivity contribution >= 4 is 16.1 Å². The van der Waals surface area contributed by atoms with E-state index in [9.17, 15) is 18.3 Å². The normalized spacial score (nSPS) is 11.1. The molecular formula is C14H12O6S. The lowest BCUT2D eigenvalue weighted by Gasteiger charge is -2.10.